The van der Waals surface area contributed by atoms with Crippen molar-refractivity contribution >= 4 is 23.5 Å². The predicted molar refractivity (Wildman–Crippen MR) is 132 cm³/mol. The Morgan fingerprint density at radius 1 is 0.838 bits per heavy atom. The lowest BCUT2D eigenvalue weighted by molar-refractivity contribution is -0.394. The summed E-state index contributed by atoms with van der Waals surface area (Å²) < 4.78 is 21.3. The van der Waals surface area contributed by atoms with Crippen LogP contribution in [0.25, 0.3) is 0 Å². The molecular formula is C24H22N4O9. The van der Waals surface area contributed by atoms with Gasteiger partial charge in [0.15, 0.2) is 23.0 Å². The molecule has 0 saturated carbocycles. The molecule has 13 nitrogen and oxygen atoms in total. The number of hydrogen-bond donors (Lipinski definition) is 1. The minimum Gasteiger partial charge on any atom is -0.493 e. The molecule has 1 amide bonds. The number of carbonyl (C=O) groups excluding carboxylic acids is 1. The third kappa shape index (κ3) is 6.69. The van der Waals surface area contributed by atoms with Gasteiger partial charge in [0.05, 0.1) is 49.9 Å². The number of amides is 1. The van der Waals surface area contributed by atoms with Crippen molar-refractivity contribution < 1.29 is 33.6 Å². The summed E-state index contributed by atoms with van der Waals surface area (Å²) in [6, 6.07) is 12.8. The third-order valence-corrected chi connectivity index (χ3v) is 4.97. The van der Waals surface area contributed by atoms with E-state index < -0.39 is 21.2 Å². The monoisotopic (exact) mass is 510 g/mol. The molecule has 0 atom stereocenters. The first-order valence-corrected chi connectivity index (χ1v) is 10.6. The second kappa shape index (κ2) is 12.0. The summed E-state index contributed by atoms with van der Waals surface area (Å²) in [5.74, 6) is 0.847. The first-order chi connectivity index (χ1) is 17.7. The molecular weight excluding hydrogens is 488 g/mol. The molecule has 3 aromatic carbocycles. The molecule has 192 valence electrons. The van der Waals surface area contributed by atoms with Gasteiger partial charge in [-0.3, -0.25) is 25.0 Å². The van der Waals surface area contributed by atoms with Gasteiger partial charge in [0.1, 0.15) is 0 Å². The van der Waals surface area contributed by atoms with Crippen molar-refractivity contribution in [1.29, 1.82) is 0 Å². The first kappa shape index (κ1) is 26.4. The lowest BCUT2D eigenvalue weighted by Gasteiger charge is -2.11. The molecule has 0 saturated heterocycles. The fourth-order valence-electron chi connectivity index (χ4n) is 3.21. The lowest BCUT2D eigenvalue weighted by Crippen LogP contribution is -2.19. The van der Waals surface area contributed by atoms with E-state index >= 15 is 0 Å². The Morgan fingerprint density at radius 2 is 1.49 bits per heavy atom. The number of rotatable bonds is 11. The number of hydrogen-bond acceptors (Lipinski definition) is 10. The Labute approximate surface area is 210 Å². The van der Waals surface area contributed by atoms with Crippen LogP contribution in [-0.4, -0.2) is 43.3 Å². The molecule has 0 aliphatic heterocycles. The second-order valence-electron chi connectivity index (χ2n) is 7.34. The van der Waals surface area contributed by atoms with Gasteiger partial charge in [-0.25, -0.2) is 5.43 Å². The number of nitrogens with one attached hydrogen (secondary N) is 1. The van der Waals surface area contributed by atoms with E-state index in [9.17, 15) is 25.0 Å². The molecule has 13 heteroatoms. The van der Waals surface area contributed by atoms with E-state index in [2.05, 4.69) is 10.5 Å². The van der Waals surface area contributed by atoms with Crippen LogP contribution in [0.1, 0.15) is 11.1 Å². The zero-order valence-corrected chi connectivity index (χ0v) is 20.0. The topological polar surface area (TPSA) is 165 Å². The van der Waals surface area contributed by atoms with Crippen LogP contribution in [0.4, 0.5) is 11.4 Å². The third-order valence-electron chi connectivity index (χ3n) is 4.97. The minimum absolute atomic E-state index is 0.0574. The Bertz CT molecular complexity index is 1360. The second-order valence-corrected chi connectivity index (χ2v) is 7.34. The molecule has 0 unspecified atom stereocenters. The van der Waals surface area contributed by atoms with Gasteiger partial charge in [-0.2, -0.15) is 5.10 Å². The smallest absolute Gasteiger partial charge is 0.318 e. The van der Waals surface area contributed by atoms with Gasteiger partial charge in [0, 0.05) is 6.07 Å². The summed E-state index contributed by atoms with van der Waals surface area (Å²) >= 11 is 0. The predicted octanol–water partition coefficient (Wildman–Crippen LogP) is 4.01. The van der Waals surface area contributed by atoms with Crippen molar-refractivity contribution in [2.24, 2.45) is 5.10 Å². The fourth-order valence-corrected chi connectivity index (χ4v) is 3.21. The van der Waals surface area contributed by atoms with Crippen molar-refractivity contribution in [2.75, 3.05) is 21.3 Å². The highest BCUT2D eigenvalue weighted by Crippen LogP contribution is 2.38. The number of nitrogens with zero attached hydrogens (tertiary/aromatic N) is 3. The zero-order chi connectivity index (χ0) is 26.9. The molecule has 3 rings (SSSR count). The molecule has 0 spiro atoms. The number of hydrazone groups is 1. The standard InChI is InChI=1S/C24H22N4O9/c1-34-20-7-4-15(10-22(20)35-2)12-24(29)26-25-14-16-5-8-21(23(11-16)36-3)37-19-9-6-17(27(30)31)13-18(19)28(32)33/h4-11,13-14H,12H2,1-3H3,(H,26,29)/b25-14-. The molecule has 0 bridgehead atoms. The Balaban J connectivity index is 1.69. The summed E-state index contributed by atoms with van der Waals surface area (Å²) in [5, 5.41) is 26.2. The van der Waals surface area contributed by atoms with E-state index in [4.69, 9.17) is 18.9 Å². The SMILES string of the molecule is COc1ccc(CC(=O)N/N=C\c2ccc(Oc3ccc([N+](=O)[O-])cc3[N+](=O)[O-])c(OC)c2)cc1OC. The number of ether oxygens (including phenoxy) is 4. The summed E-state index contributed by atoms with van der Waals surface area (Å²) in [6.45, 7) is 0. The van der Waals surface area contributed by atoms with E-state index in [-0.39, 0.29) is 29.6 Å². The van der Waals surface area contributed by atoms with Crippen LogP contribution in [-0.2, 0) is 11.2 Å². The van der Waals surface area contributed by atoms with Crippen LogP contribution in [0.15, 0.2) is 59.7 Å². The van der Waals surface area contributed by atoms with E-state index in [0.717, 1.165) is 18.2 Å². The summed E-state index contributed by atoms with van der Waals surface area (Å²) in [4.78, 5) is 33.0. The lowest BCUT2D eigenvalue weighted by atomic mass is 10.1. The van der Waals surface area contributed by atoms with E-state index in [1.165, 1.54) is 39.7 Å². The molecule has 0 aromatic heterocycles. The number of benzene rings is 3. The Hall–Kier alpha value is -5.20. The molecule has 0 radical (unpaired) electrons. The van der Waals surface area contributed by atoms with Gasteiger partial charge >= 0.3 is 5.69 Å². The van der Waals surface area contributed by atoms with Gasteiger partial charge in [-0.15, -0.1) is 0 Å². The number of non-ortho nitro benzene ring substituents is 1. The summed E-state index contributed by atoms with van der Waals surface area (Å²) in [6.07, 6.45) is 1.44. The molecule has 1 N–H and O–H groups in total. The number of nitro groups is 2. The number of carbonyl (C=O) groups is 1. The van der Waals surface area contributed by atoms with Crippen molar-refractivity contribution in [1.82, 2.24) is 5.43 Å². The largest absolute Gasteiger partial charge is 0.493 e. The number of methoxy groups -OCH3 is 3. The normalized spacial score (nSPS) is 10.6. The summed E-state index contributed by atoms with van der Waals surface area (Å²) in [5.41, 5.74) is 2.66. The fraction of sp³-hybridized carbons (Fsp3) is 0.167. The van der Waals surface area contributed by atoms with E-state index in [1.54, 1.807) is 24.3 Å². The van der Waals surface area contributed by atoms with Crippen LogP contribution in [0.5, 0.6) is 28.7 Å². The highest BCUT2D eigenvalue weighted by atomic mass is 16.6. The summed E-state index contributed by atoms with van der Waals surface area (Å²) in [7, 11) is 4.40. The van der Waals surface area contributed by atoms with E-state index in [0.29, 0.717) is 22.6 Å². The van der Waals surface area contributed by atoms with Crippen LogP contribution >= 0.6 is 0 Å². The molecule has 0 heterocycles. The van der Waals surface area contributed by atoms with Crippen molar-refractivity contribution in [3.63, 3.8) is 0 Å². The molecule has 0 fully saturated rings. The Morgan fingerprint density at radius 3 is 2.14 bits per heavy atom. The van der Waals surface area contributed by atoms with Crippen LogP contribution in [0.2, 0.25) is 0 Å². The van der Waals surface area contributed by atoms with Gasteiger partial charge in [0.25, 0.3) is 5.69 Å². The average molecular weight is 510 g/mol. The van der Waals surface area contributed by atoms with E-state index in [1.807, 2.05) is 0 Å². The maximum absolute atomic E-state index is 12.3. The molecule has 3 aromatic rings. The minimum atomic E-state index is -0.777. The van der Waals surface area contributed by atoms with Crippen LogP contribution < -0.4 is 24.4 Å². The van der Waals surface area contributed by atoms with Gasteiger partial charge in [-0.1, -0.05) is 6.07 Å². The van der Waals surface area contributed by atoms with Gasteiger partial charge in [-0.05, 0) is 47.5 Å². The van der Waals surface area contributed by atoms with Crippen molar-refractivity contribution in [3.8, 4) is 28.7 Å². The Kier molecular flexibility index (Phi) is 8.54. The zero-order valence-electron chi connectivity index (χ0n) is 20.0. The molecule has 0 aliphatic carbocycles. The van der Waals surface area contributed by atoms with Crippen LogP contribution in [0, 0.1) is 20.2 Å². The average Bonchev–Trinajstić information content (AvgIpc) is 2.89. The van der Waals surface area contributed by atoms with Crippen molar-refractivity contribution in [3.05, 3.63) is 86.0 Å². The first-order valence-electron chi connectivity index (χ1n) is 10.6. The molecule has 37 heavy (non-hydrogen) atoms. The van der Waals surface area contributed by atoms with Crippen LogP contribution in [0.3, 0.4) is 0 Å². The molecule has 0 aliphatic rings. The maximum Gasteiger partial charge on any atom is 0.318 e. The van der Waals surface area contributed by atoms with Crippen molar-refractivity contribution in [2.45, 2.75) is 6.42 Å². The highest BCUT2D eigenvalue weighted by molar-refractivity contribution is 5.84. The van der Waals surface area contributed by atoms with Gasteiger partial charge < -0.3 is 18.9 Å². The van der Waals surface area contributed by atoms with Gasteiger partial charge in [0.2, 0.25) is 11.7 Å². The maximum atomic E-state index is 12.3. The highest BCUT2D eigenvalue weighted by Gasteiger charge is 2.22. The quantitative estimate of drug-likeness (QED) is 0.228. The number of nitro benzene ring substituents is 2.